The van der Waals surface area contributed by atoms with Crippen LogP contribution < -0.4 is 11.1 Å². The van der Waals surface area contributed by atoms with Gasteiger partial charge in [0.05, 0.1) is 11.8 Å². The maximum absolute atomic E-state index is 13.0. The third-order valence-electron chi connectivity index (χ3n) is 6.01. The minimum atomic E-state index is -0.903. The number of hydrogen-bond acceptors (Lipinski definition) is 4. The summed E-state index contributed by atoms with van der Waals surface area (Å²) in [6, 6.07) is 9.58. The molecule has 1 saturated heterocycles. The van der Waals surface area contributed by atoms with Crippen LogP contribution in [0.4, 0.5) is 5.69 Å². The molecule has 2 heterocycles. The summed E-state index contributed by atoms with van der Waals surface area (Å²) in [6.07, 6.45) is 3.68. The van der Waals surface area contributed by atoms with Crippen LogP contribution in [0.25, 0.3) is 11.3 Å². The molecule has 1 saturated carbocycles. The first-order valence-corrected chi connectivity index (χ1v) is 8.76. The molecule has 1 aliphatic carbocycles. The Morgan fingerprint density at radius 1 is 1.31 bits per heavy atom. The van der Waals surface area contributed by atoms with Crippen LogP contribution in [0.2, 0.25) is 0 Å². The molecular formula is C19H25ClN4O2. The van der Waals surface area contributed by atoms with Gasteiger partial charge < -0.3 is 15.8 Å². The van der Waals surface area contributed by atoms with Gasteiger partial charge >= 0.3 is 0 Å². The Bertz CT molecular complexity index is 775. The van der Waals surface area contributed by atoms with Gasteiger partial charge in [-0.2, -0.15) is 5.10 Å². The monoisotopic (exact) mass is 376 g/mol. The zero-order valence-electron chi connectivity index (χ0n) is 15.0. The Balaban J connectivity index is 0.00000196. The van der Waals surface area contributed by atoms with Crippen LogP contribution in [-0.4, -0.2) is 34.4 Å². The molecule has 7 heteroatoms. The molecule has 2 aliphatic rings. The van der Waals surface area contributed by atoms with Crippen molar-refractivity contribution in [3.8, 4) is 11.3 Å². The highest BCUT2D eigenvalue weighted by atomic mass is 35.5. The lowest BCUT2D eigenvalue weighted by Gasteiger charge is -2.65. The van der Waals surface area contributed by atoms with E-state index >= 15 is 0 Å². The number of amides is 1. The van der Waals surface area contributed by atoms with Crippen LogP contribution in [0, 0.1) is 11.3 Å². The maximum Gasteiger partial charge on any atom is 0.245 e. The minimum absolute atomic E-state index is 0. The average molecular weight is 377 g/mol. The number of aromatic nitrogens is 2. The number of ether oxygens (including phenoxy) is 1. The Kier molecular flexibility index (Phi) is 4.86. The van der Waals surface area contributed by atoms with E-state index < -0.39 is 5.54 Å². The summed E-state index contributed by atoms with van der Waals surface area (Å²) in [6.45, 7) is 4.82. The molecule has 6 nitrogen and oxygen atoms in total. The van der Waals surface area contributed by atoms with Gasteiger partial charge in [0, 0.05) is 29.8 Å². The second-order valence-electron chi connectivity index (χ2n) is 7.63. The van der Waals surface area contributed by atoms with E-state index in [1.807, 2.05) is 44.2 Å². The van der Waals surface area contributed by atoms with E-state index in [4.69, 9.17) is 10.5 Å². The van der Waals surface area contributed by atoms with Crippen molar-refractivity contribution in [1.82, 2.24) is 10.2 Å². The Morgan fingerprint density at radius 2 is 2.04 bits per heavy atom. The number of anilines is 1. The first kappa shape index (κ1) is 18.9. The van der Waals surface area contributed by atoms with Crippen molar-refractivity contribution in [3.63, 3.8) is 0 Å². The standard InChI is InChI=1S/C19H24N4O2.ClH/c1-18(2)16-14(4-3-11-25-16)19(18,20)17(24)22-13-7-5-12(6-8-13)15-9-10-21-23-15;/h5-10,14,16H,3-4,11,20H2,1-2H3,(H,21,23)(H,22,24);1H. The van der Waals surface area contributed by atoms with Crippen molar-refractivity contribution in [2.45, 2.75) is 38.3 Å². The normalized spacial score (nSPS) is 29.0. The molecule has 4 rings (SSSR count). The van der Waals surface area contributed by atoms with Crippen molar-refractivity contribution in [3.05, 3.63) is 36.5 Å². The fraction of sp³-hybridized carbons (Fsp3) is 0.474. The quantitative estimate of drug-likeness (QED) is 0.767. The van der Waals surface area contributed by atoms with Gasteiger partial charge in [0.15, 0.2) is 0 Å². The second kappa shape index (κ2) is 6.68. The smallest absolute Gasteiger partial charge is 0.245 e. The van der Waals surface area contributed by atoms with Crippen molar-refractivity contribution >= 4 is 24.0 Å². The second-order valence-corrected chi connectivity index (χ2v) is 7.63. The zero-order valence-corrected chi connectivity index (χ0v) is 15.8. The average Bonchev–Trinajstić information content (AvgIpc) is 3.16. The predicted octanol–water partition coefficient (Wildman–Crippen LogP) is 2.97. The zero-order chi connectivity index (χ0) is 17.7. The van der Waals surface area contributed by atoms with Crippen molar-refractivity contribution in [2.75, 3.05) is 11.9 Å². The number of fused-ring (bicyclic) bond motifs is 1. The van der Waals surface area contributed by atoms with Gasteiger partial charge in [-0.05, 0) is 36.6 Å². The summed E-state index contributed by atoms with van der Waals surface area (Å²) < 4.78 is 5.88. The number of aromatic amines is 1. The van der Waals surface area contributed by atoms with Crippen molar-refractivity contribution in [2.24, 2.45) is 17.1 Å². The summed E-state index contributed by atoms with van der Waals surface area (Å²) in [5.41, 5.74) is 8.05. The first-order chi connectivity index (χ1) is 11.9. The summed E-state index contributed by atoms with van der Waals surface area (Å²) in [4.78, 5) is 13.0. The van der Waals surface area contributed by atoms with Crippen LogP contribution >= 0.6 is 12.4 Å². The summed E-state index contributed by atoms with van der Waals surface area (Å²) in [5.74, 6) is -0.0425. The molecular weight excluding hydrogens is 352 g/mol. The maximum atomic E-state index is 13.0. The topological polar surface area (TPSA) is 93.0 Å². The van der Waals surface area contributed by atoms with Gasteiger partial charge in [0.1, 0.15) is 5.54 Å². The molecule has 1 aromatic heterocycles. The molecule has 1 amide bonds. The van der Waals surface area contributed by atoms with Crippen LogP contribution in [0.5, 0.6) is 0 Å². The summed E-state index contributed by atoms with van der Waals surface area (Å²) >= 11 is 0. The van der Waals surface area contributed by atoms with E-state index in [1.54, 1.807) is 6.20 Å². The molecule has 4 N–H and O–H groups in total. The molecule has 2 aromatic rings. The molecule has 1 aromatic carbocycles. The fourth-order valence-electron chi connectivity index (χ4n) is 4.42. The number of H-pyrrole nitrogens is 1. The number of halogens is 1. The van der Waals surface area contributed by atoms with Gasteiger partial charge in [0.25, 0.3) is 0 Å². The van der Waals surface area contributed by atoms with E-state index in [0.29, 0.717) is 0 Å². The molecule has 2 fully saturated rings. The van der Waals surface area contributed by atoms with Gasteiger partial charge in [-0.25, -0.2) is 0 Å². The Morgan fingerprint density at radius 3 is 2.69 bits per heavy atom. The molecule has 3 unspecified atom stereocenters. The molecule has 3 atom stereocenters. The number of rotatable bonds is 3. The molecule has 26 heavy (non-hydrogen) atoms. The minimum Gasteiger partial charge on any atom is -0.377 e. The lowest BCUT2D eigenvalue weighted by molar-refractivity contribution is -0.222. The summed E-state index contributed by atoms with van der Waals surface area (Å²) in [5, 5.41) is 9.88. The highest BCUT2D eigenvalue weighted by Crippen LogP contribution is 2.57. The van der Waals surface area contributed by atoms with Crippen LogP contribution in [0.3, 0.4) is 0 Å². The highest BCUT2D eigenvalue weighted by Gasteiger charge is 2.70. The third-order valence-corrected chi connectivity index (χ3v) is 6.01. The number of hydrogen-bond donors (Lipinski definition) is 3. The SMILES string of the molecule is CC1(C)C2OCCCC2C1(N)C(=O)Nc1ccc(-c2ccn[nH]2)cc1.Cl. The number of nitrogens with zero attached hydrogens (tertiary/aromatic N) is 1. The van der Waals surface area contributed by atoms with E-state index in [0.717, 1.165) is 36.4 Å². The van der Waals surface area contributed by atoms with Gasteiger partial charge in [0.2, 0.25) is 5.91 Å². The number of nitrogens with one attached hydrogen (secondary N) is 2. The van der Waals surface area contributed by atoms with Crippen LogP contribution in [-0.2, 0) is 9.53 Å². The van der Waals surface area contributed by atoms with Crippen molar-refractivity contribution < 1.29 is 9.53 Å². The lowest BCUT2D eigenvalue weighted by Crippen LogP contribution is -2.81. The van der Waals surface area contributed by atoms with E-state index in [2.05, 4.69) is 15.5 Å². The largest absolute Gasteiger partial charge is 0.377 e. The van der Waals surface area contributed by atoms with Gasteiger partial charge in [-0.3, -0.25) is 9.89 Å². The fourth-order valence-corrected chi connectivity index (χ4v) is 4.42. The summed E-state index contributed by atoms with van der Waals surface area (Å²) in [7, 11) is 0. The van der Waals surface area contributed by atoms with E-state index in [9.17, 15) is 4.79 Å². The molecule has 0 radical (unpaired) electrons. The van der Waals surface area contributed by atoms with Crippen LogP contribution in [0.15, 0.2) is 36.5 Å². The molecule has 0 bridgehead atoms. The Hall–Kier alpha value is -1.89. The molecule has 0 spiro atoms. The lowest BCUT2D eigenvalue weighted by atomic mass is 9.46. The van der Waals surface area contributed by atoms with E-state index in [-0.39, 0.29) is 35.8 Å². The number of nitrogens with two attached hydrogens (primary N) is 1. The molecule has 140 valence electrons. The number of benzene rings is 1. The van der Waals surface area contributed by atoms with Crippen molar-refractivity contribution in [1.29, 1.82) is 0 Å². The highest BCUT2D eigenvalue weighted by molar-refractivity contribution is 6.00. The Labute approximate surface area is 159 Å². The third kappa shape index (κ3) is 2.64. The number of carbonyl (C=O) groups is 1. The van der Waals surface area contributed by atoms with Gasteiger partial charge in [-0.1, -0.05) is 26.0 Å². The number of carbonyl (C=O) groups excluding carboxylic acids is 1. The van der Waals surface area contributed by atoms with Gasteiger partial charge in [-0.15, -0.1) is 12.4 Å². The first-order valence-electron chi connectivity index (χ1n) is 8.76. The molecule has 1 aliphatic heterocycles. The predicted molar refractivity (Wildman–Crippen MR) is 103 cm³/mol. The van der Waals surface area contributed by atoms with Crippen LogP contribution in [0.1, 0.15) is 26.7 Å². The van der Waals surface area contributed by atoms with E-state index in [1.165, 1.54) is 0 Å².